The molecule has 0 spiro atoms. The highest BCUT2D eigenvalue weighted by Crippen LogP contribution is 2.35. The van der Waals surface area contributed by atoms with Gasteiger partial charge in [-0.2, -0.15) is 0 Å². The first-order valence-corrected chi connectivity index (χ1v) is 5.65. The minimum atomic E-state index is -0.205. The molecule has 1 aromatic carbocycles. The number of halogens is 2. The fourth-order valence-corrected chi connectivity index (χ4v) is 1.57. The number of nitrogens with one attached hydrogen (secondary N) is 1. The van der Waals surface area contributed by atoms with E-state index in [9.17, 15) is 0 Å². The lowest BCUT2D eigenvalue weighted by atomic mass is 10.1. The molecule has 12 heavy (non-hydrogen) atoms. The second kappa shape index (κ2) is 4.21. The number of benzene rings is 1. The maximum Gasteiger partial charge on any atom is 0.160 e. The second-order valence-corrected chi connectivity index (χ2v) is 7.89. The van der Waals surface area contributed by atoms with Gasteiger partial charge in [-0.3, -0.25) is 5.84 Å². The van der Waals surface area contributed by atoms with Crippen LogP contribution in [0, 0.1) is 6.92 Å². The minimum absolute atomic E-state index is 0.205. The molecule has 0 heterocycles. The molecule has 0 aliphatic heterocycles. The summed E-state index contributed by atoms with van der Waals surface area (Å²) in [6.45, 7) is 2.07. The van der Waals surface area contributed by atoms with Gasteiger partial charge in [-0.1, -0.05) is 29.8 Å². The standard InChI is InChI=1S/C8H10I2N2/c1-6-2-4-7(5-3-6)8(9,10)12-11/h2-5,12H,11H2,1H3. The van der Waals surface area contributed by atoms with Crippen molar-refractivity contribution >= 4 is 45.2 Å². The summed E-state index contributed by atoms with van der Waals surface area (Å²) in [4.78, 5) is 0. The van der Waals surface area contributed by atoms with Gasteiger partial charge in [0.1, 0.15) is 0 Å². The number of rotatable bonds is 2. The zero-order valence-electron chi connectivity index (χ0n) is 6.64. The van der Waals surface area contributed by atoms with Gasteiger partial charge in [-0.05, 0) is 57.7 Å². The van der Waals surface area contributed by atoms with Crippen LogP contribution in [-0.4, -0.2) is 0 Å². The molecule has 0 aliphatic carbocycles. The van der Waals surface area contributed by atoms with Gasteiger partial charge < -0.3 is 0 Å². The van der Waals surface area contributed by atoms with Crippen molar-refractivity contribution in [1.82, 2.24) is 5.43 Å². The highest BCUT2D eigenvalue weighted by atomic mass is 127. The Morgan fingerprint density at radius 3 is 2.17 bits per heavy atom. The van der Waals surface area contributed by atoms with Gasteiger partial charge in [0.2, 0.25) is 0 Å². The van der Waals surface area contributed by atoms with E-state index < -0.39 is 0 Å². The van der Waals surface area contributed by atoms with Crippen molar-refractivity contribution in [3.8, 4) is 0 Å². The molecule has 1 aromatic rings. The number of nitrogens with two attached hydrogens (primary N) is 1. The second-order valence-electron chi connectivity index (χ2n) is 2.58. The van der Waals surface area contributed by atoms with Gasteiger partial charge in [0.05, 0.1) is 0 Å². The van der Waals surface area contributed by atoms with Crippen molar-refractivity contribution in [2.24, 2.45) is 5.84 Å². The first-order chi connectivity index (χ1) is 5.56. The summed E-state index contributed by atoms with van der Waals surface area (Å²) in [6, 6.07) is 8.32. The van der Waals surface area contributed by atoms with Crippen LogP contribution in [-0.2, 0) is 1.55 Å². The Morgan fingerprint density at radius 1 is 1.25 bits per heavy atom. The number of hydrazine groups is 1. The van der Waals surface area contributed by atoms with E-state index in [0.29, 0.717) is 0 Å². The summed E-state index contributed by atoms with van der Waals surface area (Å²) in [5, 5.41) is 0. The van der Waals surface area contributed by atoms with Crippen molar-refractivity contribution in [1.29, 1.82) is 0 Å². The Morgan fingerprint density at radius 2 is 1.75 bits per heavy atom. The molecule has 4 heteroatoms. The average Bonchev–Trinajstić information content (AvgIpc) is 2.05. The van der Waals surface area contributed by atoms with E-state index in [4.69, 9.17) is 5.84 Å². The van der Waals surface area contributed by atoms with Crippen molar-refractivity contribution in [3.63, 3.8) is 0 Å². The van der Waals surface area contributed by atoms with Crippen LogP contribution in [0.2, 0.25) is 0 Å². The van der Waals surface area contributed by atoms with E-state index in [1.807, 2.05) is 0 Å². The van der Waals surface area contributed by atoms with Gasteiger partial charge in [0, 0.05) is 0 Å². The molecule has 0 fully saturated rings. The zero-order valence-corrected chi connectivity index (χ0v) is 11.0. The fraction of sp³-hybridized carbons (Fsp3) is 0.250. The van der Waals surface area contributed by atoms with E-state index in [0.717, 1.165) is 0 Å². The molecule has 66 valence electrons. The van der Waals surface area contributed by atoms with Crippen LogP contribution in [0.1, 0.15) is 11.1 Å². The first kappa shape index (κ1) is 10.7. The van der Waals surface area contributed by atoms with E-state index in [-0.39, 0.29) is 1.55 Å². The van der Waals surface area contributed by atoms with Crippen LogP contribution < -0.4 is 11.3 Å². The molecule has 2 nitrogen and oxygen atoms in total. The maximum absolute atomic E-state index is 5.41. The Balaban J connectivity index is 2.96. The monoisotopic (exact) mass is 388 g/mol. The zero-order chi connectivity index (χ0) is 9.19. The quantitative estimate of drug-likeness (QED) is 0.269. The smallest absolute Gasteiger partial charge is 0.160 e. The third-order valence-electron chi connectivity index (χ3n) is 1.60. The van der Waals surface area contributed by atoms with Gasteiger partial charge in [-0.15, -0.1) is 0 Å². The molecule has 3 N–H and O–H groups in total. The summed E-state index contributed by atoms with van der Waals surface area (Å²) in [5.74, 6) is 5.41. The molecule has 0 saturated heterocycles. The molecular formula is C8H10I2N2. The normalized spacial score (nSPS) is 11.7. The van der Waals surface area contributed by atoms with Gasteiger partial charge in [0.15, 0.2) is 1.55 Å². The Bertz CT molecular complexity index is 256. The molecule has 0 saturated carbocycles. The number of aryl methyl sites for hydroxylation is 1. The van der Waals surface area contributed by atoms with Crippen molar-refractivity contribution in [2.45, 2.75) is 8.48 Å². The summed E-state index contributed by atoms with van der Waals surface area (Å²) in [7, 11) is 0. The average molecular weight is 388 g/mol. The summed E-state index contributed by atoms with van der Waals surface area (Å²) < 4.78 is -0.205. The van der Waals surface area contributed by atoms with Gasteiger partial charge >= 0.3 is 0 Å². The lowest BCUT2D eigenvalue weighted by Crippen LogP contribution is -2.36. The molecule has 0 aromatic heterocycles. The van der Waals surface area contributed by atoms with Crippen molar-refractivity contribution in [2.75, 3.05) is 0 Å². The topological polar surface area (TPSA) is 38.0 Å². The van der Waals surface area contributed by atoms with E-state index in [1.54, 1.807) is 0 Å². The molecule has 0 aliphatic rings. The minimum Gasteiger partial charge on any atom is -0.269 e. The van der Waals surface area contributed by atoms with E-state index in [1.165, 1.54) is 11.1 Å². The Hall–Kier alpha value is 0.600. The first-order valence-electron chi connectivity index (χ1n) is 3.49. The predicted octanol–water partition coefficient (Wildman–Crippen LogP) is 2.44. The Kier molecular flexibility index (Phi) is 3.74. The number of hydrogen-bond donors (Lipinski definition) is 2. The lowest BCUT2D eigenvalue weighted by molar-refractivity contribution is 0.724. The highest BCUT2D eigenvalue weighted by Gasteiger charge is 2.21. The summed E-state index contributed by atoms with van der Waals surface area (Å²) in [6.07, 6.45) is 0. The van der Waals surface area contributed by atoms with Crippen molar-refractivity contribution in [3.05, 3.63) is 35.4 Å². The van der Waals surface area contributed by atoms with Crippen molar-refractivity contribution < 1.29 is 0 Å². The lowest BCUT2D eigenvalue weighted by Gasteiger charge is -2.19. The number of hydrogen-bond acceptors (Lipinski definition) is 2. The van der Waals surface area contributed by atoms with Crippen LogP contribution in [0.3, 0.4) is 0 Å². The third kappa shape index (κ3) is 2.54. The molecule has 0 bridgehead atoms. The molecule has 1 rings (SSSR count). The molecule has 0 amide bonds. The van der Waals surface area contributed by atoms with E-state index in [2.05, 4.69) is 81.8 Å². The maximum atomic E-state index is 5.41. The van der Waals surface area contributed by atoms with Crippen LogP contribution >= 0.6 is 45.2 Å². The summed E-state index contributed by atoms with van der Waals surface area (Å²) in [5.41, 5.74) is 5.19. The predicted molar refractivity (Wildman–Crippen MR) is 68.2 cm³/mol. The summed E-state index contributed by atoms with van der Waals surface area (Å²) >= 11 is 4.54. The Labute approximate surface area is 99.5 Å². The highest BCUT2D eigenvalue weighted by molar-refractivity contribution is 14.2. The molecule has 0 radical (unpaired) electrons. The SMILES string of the molecule is Cc1ccc(C(I)(I)NN)cc1. The third-order valence-corrected chi connectivity index (χ3v) is 3.46. The van der Waals surface area contributed by atoms with Gasteiger partial charge in [-0.25, -0.2) is 5.43 Å². The molecule has 0 unspecified atom stereocenters. The fourth-order valence-electron chi connectivity index (χ4n) is 0.846. The van der Waals surface area contributed by atoms with Gasteiger partial charge in [0.25, 0.3) is 0 Å². The van der Waals surface area contributed by atoms with Crippen LogP contribution in [0.25, 0.3) is 0 Å². The molecule has 0 atom stereocenters. The van der Waals surface area contributed by atoms with Crippen LogP contribution in [0.4, 0.5) is 0 Å². The molecular weight excluding hydrogens is 378 g/mol. The van der Waals surface area contributed by atoms with E-state index >= 15 is 0 Å². The largest absolute Gasteiger partial charge is 0.269 e. The number of alkyl halides is 2. The van der Waals surface area contributed by atoms with Crippen LogP contribution in [0.5, 0.6) is 0 Å². The van der Waals surface area contributed by atoms with Crippen LogP contribution in [0.15, 0.2) is 24.3 Å².